The molecular formula is C15H13BrN4O. The van der Waals surface area contributed by atoms with Gasteiger partial charge in [0.1, 0.15) is 5.82 Å². The molecule has 0 fully saturated rings. The third-order valence-corrected chi connectivity index (χ3v) is 3.77. The van der Waals surface area contributed by atoms with Crippen molar-refractivity contribution in [1.29, 1.82) is 0 Å². The van der Waals surface area contributed by atoms with E-state index >= 15 is 0 Å². The highest BCUT2D eigenvalue weighted by molar-refractivity contribution is 9.10. The van der Waals surface area contributed by atoms with Gasteiger partial charge in [0.05, 0.1) is 0 Å². The molecule has 0 bridgehead atoms. The van der Waals surface area contributed by atoms with Crippen LogP contribution in [0.1, 0.15) is 21.7 Å². The summed E-state index contributed by atoms with van der Waals surface area (Å²) in [5.41, 5.74) is 3.00. The smallest absolute Gasteiger partial charge is 0.255 e. The molecule has 0 saturated carbocycles. The first-order valence-corrected chi connectivity index (χ1v) is 7.23. The van der Waals surface area contributed by atoms with E-state index in [1.807, 2.05) is 36.4 Å². The number of aryl methyl sites for hydroxylation is 2. The molecule has 0 aliphatic heterocycles. The van der Waals surface area contributed by atoms with Crippen molar-refractivity contribution in [2.24, 2.45) is 0 Å². The molecule has 106 valence electrons. The number of carbonyl (C=O) groups is 1. The molecule has 3 rings (SSSR count). The van der Waals surface area contributed by atoms with Gasteiger partial charge in [-0.1, -0.05) is 15.9 Å². The third kappa shape index (κ3) is 2.67. The summed E-state index contributed by atoms with van der Waals surface area (Å²) in [4.78, 5) is 12.3. The van der Waals surface area contributed by atoms with Crippen LogP contribution < -0.4 is 5.32 Å². The minimum absolute atomic E-state index is 0.163. The Kier molecular flexibility index (Phi) is 3.47. The lowest BCUT2D eigenvalue weighted by Gasteiger charge is -2.09. The lowest BCUT2D eigenvalue weighted by molar-refractivity contribution is 0.102. The van der Waals surface area contributed by atoms with E-state index in [-0.39, 0.29) is 5.91 Å². The second kappa shape index (κ2) is 5.29. The number of carbonyl (C=O) groups excluding carboxylic acids is 1. The number of fused-ring (bicyclic) bond motifs is 1. The Morgan fingerprint density at radius 2 is 2.00 bits per heavy atom. The lowest BCUT2D eigenvalue weighted by Crippen LogP contribution is -2.13. The molecule has 1 amide bonds. The fraction of sp³-hybridized carbons (Fsp3) is 0.133. The van der Waals surface area contributed by atoms with Crippen LogP contribution in [-0.2, 0) is 0 Å². The highest BCUT2D eigenvalue weighted by atomic mass is 79.9. The lowest BCUT2D eigenvalue weighted by atomic mass is 10.2. The van der Waals surface area contributed by atoms with Crippen LogP contribution in [0.15, 0.2) is 41.0 Å². The highest BCUT2D eigenvalue weighted by Crippen LogP contribution is 2.20. The SMILES string of the molecule is Cc1cc(Br)ccc1NC(=O)c1ccn2c(C)nnc2c1. The first-order chi connectivity index (χ1) is 10.0. The number of rotatable bonds is 2. The average molecular weight is 345 g/mol. The zero-order chi connectivity index (χ0) is 15.0. The van der Waals surface area contributed by atoms with Gasteiger partial charge >= 0.3 is 0 Å². The number of benzene rings is 1. The zero-order valence-corrected chi connectivity index (χ0v) is 13.2. The Bertz CT molecular complexity index is 841. The summed E-state index contributed by atoms with van der Waals surface area (Å²) in [6, 6.07) is 9.21. The van der Waals surface area contributed by atoms with E-state index in [0.717, 1.165) is 21.5 Å². The molecular weight excluding hydrogens is 332 g/mol. The third-order valence-electron chi connectivity index (χ3n) is 3.28. The molecule has 5 nitrogen and oxygen atoms in total. The second-order valence-corrected chi connectivity index (χ2v) is 5.72. The topological polar surface area (TPSA) is 59.3 Å². The van der Waals surface area contributed by atoms with Crippen LogP contribution in [0.4, 0.5) is 5.69 Å². The normalized spacial score (nSPS) is 10.8. The van der Waals surface area contributed by atoms with E-state index in [1.54, 1.807) is 18.3 Å². The monoisotopic (exact) mass is 344 g/mol. The summed E-state index contributed by atoms with van der Waals surface area (Å²) in [6.45, 7) is 3.82. The number of pyridine rings is 1. The number of anilines is 1. The van der Waals surface area contributed by atoms with Gasteiger partial charge in [-0.15, -0.1) is 10.2 Å². The van der Waals surface area contributed by atoms with E-state index in [2.05, 4.69) is 31.4 Å². The number of nitrogens with one attached hydrogen (secondary N) is 1. The van der Waals surface area contributed by atoms with Crippen molar-refractivity contribution in [1.82, 2.24) is 14.6 Å². The van der Waals surface area contributed by atoms with Gasteiger partial charge in [0, 0.05) is 21.9 Å². The Labute approximate surface area is 130 Å². The minimum Gasteiger partial charge on any atom is -0.322 e. The van der Waals surface area contributed by atoms with Crippen LogP contribution in [0.2, 0.25) is 0 Å². The maximum atomic E-state index is 12.3. The largest absolute Gasteiger partial charge is 0.322 e. The molecule has 0 spiro atoms. The van der Waals surface area contributed by atoms with Gasteiger partial charge < -0.3 is 5.32 Å². The van der Waals surface area contributed by atoms with E-state index in [1.165, 1.54) is 0 Å². The Morgan fingerprint density at radius 3 is 2.76 bits per heavy atom. The molecule has 2 aromatic heterocycles. The van der Waals surface area contributed by atoms with E-state index < -0.39 is 0 Å². The summed E-state index contributed by atoms with van der Waals surface area (Å²) in [5.74, 6) is 0.629. The molecule has 1 aromatic carbocycles. The number of aromatic nitrogens is 3. The zero-order valence-electron chi connectivity index (χ0n) is 11.6. The van der Waals surface area contributed by atoms with Crippen LogP contribution in [-0.4, -0.2) is 20.5 Å². The summed E-state index contributed by atoms with van der Waals surface area (Å²) in [7, 11) is 0. The molecule has 0 saturated heterocycles. The number of halogens is 1. The van der Waals surface area contributed by atoms with Crippen LogP contribution in [0.5, 0.6) is 0 Å². The van der Waals surface area contributed by atoms with Crippen LogP contribution in [0, 0.1) is 13.8 Å². The van der Waals surface area contributed by atoms with Crippen molar-refractivity contribution in [2.75, 3.05) is 5.32 Å². The van der Waals surface area contributed by atoms with Crippen molar-refractivity contribution in [3.05, 3.63) is 58.0 Å². The second-order valence-electron chi connectivity index (χ2n) is 4.80. The molecule has 3 aromatic rings. The van der Waals surface area contributed by atoms with Crippen molar-refractivity contribution in [3.8, 4) is 0 Å². The summed E-state index contributed by atoms with van der Waals surface area (Å²) >= 11 is 3.41. The van der Waals surface area contributed by atoms with Gasteiger partial charge in [0.15, 0.2) is 5.65 Å². The highest BCUT2D eigenvalue weighted by Gasteiger charge is 2.10. The van der Waals surface area contributed by atoms with E-state index in [0.29, 0.717) is 11.2 Å². The predicted octanol–water partition coefficient (Wildman–Crippen LogP) is 3.36. The summed E-state index contributed by atoms with van der Waals surface area (Å²) in [5, 5.41) is 10.9. The van der Waals surface area contributed by atoms with Crippen LogP contribution >= 0.6 is 15.9 Å². The number of hydrogen-bond donors (Lipinski definition) is 1. The molecule has 1 N–H and O–H groups in total. The first kappa shape index (κ1) is 13.8. The van der Waals surface area contributed by atoms with E-state index in [4.69, 9.17) is 0 Å². The maximum Gasteiger partial charge on any atom is 0.255 e. The van der Waals surface area contributed by atoms with Crippen molar-refractivity contribution in [3.63, 3.8) is 0 Å². The standard InChI is InChI=1S/C15H13BrN4O/c1-9-7-12(16)3-4-13(9)17-15(21)11-5-6-20-10(2)18-19-14(20)8-11/h3-8H,1-2H3,(H,17,21). The molecule has 6 heteroatoms. The Hall–Kier alpha value is -2.21. The Morgan fingerprint density at radius 1 is 1.19 bits per heavy atom. The van der Waals surface area contributed by atoms with Gasteiger partial charge in [-0.2, -0.15) is 0 Å². The predicted molar refractivity (Wildman–Crippen MR) is 84.6 cm³/mol. The van der Waals surface area contributed by atoms with Gasteiger partial charge in [0.25, 0.3) is 5.91 Å². The molecule has 0 radical (unpaired) electrons. The quantitative estimate of drug-likeness (QED) is 0.775. The molecule has 2 heterocycles. The Balaban J connectivity index is 1.89. The number of hydrogen-bond acceptors (Lipinski definition) is 3. The minimum atomic E-state index is -0.163. The maximum absolute atomic E-state index is 12.3. The van der Waals surface area contributed by atoms with Crippen LogP contribution in [0.3, 0.4) is 0 Å². The van der Waals surface area contributed by atoms with Crippen molar-refractivity contribution in [2.45, 2.75) is 13.8 Å². The first-order valence-electron chi connectivity index (χ1n) is 6.43. The molecule has 0 aliphatic rings. The molecule has 21 heavy (non-hydrogen) atoms. The fourth-order valence-electron chi connectivity index (χ4n) is 2.11. The van der Waals surface area contributed by atoms with Crippen LogP contribution in [0.25, 0.3) is 5.65 Å². The van der Waals surface area contributed by atoms with Gasteiger partial charge in [-0.3, -0.25) is 9.20 Å². The van der Waals surface area contributed by atoms with Gasteiger partial charge in [-0.25, -0.2) is 0 Å². The summed E-state index contributed by atoms with van der Waals surface area (Å²) in [6.07, 6.45) is 1.80. The number of nitrogens with zero attached hydrogens (tertiary/aromatic N) is 3. The molecule has 0 atom stereocenters. The fourth-order valence-corrected chi connectivity index (χ4v) is 2.59. The van der Waals surface area contributed by atoms with Gasteiger partial charge in [-0.05, 0) is 49.7 Å². The van der Waals surface area contributed by atoms with Gasteiger partial charge in [0.2, 0.25) is 0 Å². The van der Waals surface area contributed by atoms with Crippen molar-refractivity contribution >= 4 is 33.2 Å². The van der Waals surface area contributed by atoms with E-state index in [9.17, 15) is 4.79 Å². The molecule has 0 aliphatic carbocycles. The average Bonchev–Trinajstić information content (AvgIpc) is 2.83. The van der Waals surface area contributed by atoms with Crippen molar-refractivity contribution < 1.29 is 4.79 Å². The summed E-state index contributed by atoms with van der Waals surface area (Å²) < 4.78 is 2.82. The number of amides is 1. The molecule has 0 unspecified atom stereocenters.